The molecule has 1 aromatic carbocycles. The summed E-state index contributed by atoms with van der Waals surface area (Å²) < 4.78 is 0. The standard InChI is InChI=1S/C14H14N4/c1-10-17-13-5-4-12(7-14(13)18-10)16-9-11-3-2-6-15-8-11/h2-8,16H,9H2,1H3,(H,17,18). The van der Waals surface area contributed by atoms with Crippen LogP contribution in [0.2, 0.25) is 0 Å². The molecule has 4 heteroatoms. The van der Waals surface area contributed by atoms with Crippen molar-refractivity contribution in [1.82, 2.24) is 15.0 Å². The number of fused-ring (bicyclic) bond motifs is 1. The summed E-state index contributed by atoms with van der Waals surface area (Å²) in [5, 5.41) is 3.37. The summed E-state index contributed by atoms with van der Waals surface area (Å²) in [4.78, 5) is 11.7. The maximum atomic E-state index is 4.38. The molecule has 0 bridgehead atoms. The van der Waals surface area contributed by atoms with Crippen molar-refractivity contribution in [3.05, 3.63) is 54.1 Å². The summed E-state index contributed by atoms with van der Waals surface area (Å²) in [6.07, 6.45) is 3.65. The Morgan fingerprint density at radius 2 is 2.22 bits per heavy atom. The lowest BCUT2D eigenvalue weighted by molar-refractivity contribution is 1.11. The number of aryl methyl sites for hydroxylation is 1. The number of rotatable bonds is 3. The molecule has 2 heterocycles. The average Bonchev–Trinajstić information content (AvgIpc) is 2.77. The zero-order valence-corrected chi connectivity index (χ0v) is 10.1. The normalized spacial score (nSPS) is 10.7. The quantitative estimate of drug-likeness (QED) is 0.737. The van der Waals surface area contributed by atoms with Crippen molar-refractivity contribution in [2.45, 2.75) is 13.5 Å². The van der Waals surface area contributed by atoms with Crippen LogP contribution in [-0.4, -0.2) is 15.0 Å². The van der Waals surface area contributed by atoms with Crippen LogP contribution in [0.15, 0.2) is 42.7 Å². The van der Waals surface area contributed by atoms with Crippen LogP contribution in [0.25, 0.3) is 11.0 Å². The fourth-order valence-corrected chi connectivity index (χ4v) is 1.95. The van der Waals surface area contributed by atoms with Gasteiger partial charge >= 0.3 is 0 Å². The van der Waals surface area contributed by atoms with Gasteiger partial charge in [-0.05, 0) is 36.8 Å². The van der Waals surface area contributed by atoms with Crippen LogP contribution in [-0.2, 0) is 6.54 Å². The van der Waals surface area contributed by atoms with E-state index in [-0.39, 0.29) is 0 Å². The lowest BCUT2D eigenvalue weighted by atomic mass is 10.2. The second kappa shape index (κ2) is 4.49. The van der Waals surface area contributed by atoms with Crippen molar-refractivity contribution in [2.75, 3.05) is 5.32 Å². The van der Waals surface area contributed by atoms with Crippen molar-refractivity contribution in [2.24, 2.45) is 0 Å². The first kappa shape index (κ1) is 10.8. The van der Waals surface area contributed by atoms with Gasteiger partial charge in [0.15, 0.2) is 0 Å². The summed E-state index contributed by atoms with van der Waals surface area (Å²) in [5.74, 6) is 0.939. The maximum Gasteiger partial charge on any atom is 0.104 e. The molecule has 0 saturated carbocycles. The van der Waals surface area contributed by atoms with E-state index in [1.165, 1.54) is 5.56 Å². The Kier molecular flexibility index (Phi) is 2.68. The van der Waals surface area contributed by atoms with Crippen LogP contribution in [0.5, 0.6) is 0 Å². The lowest BCUT2D eigenvalue weighted by Crippen LogP contribution is -1.99. The van der Waals surface area contributed by atoms with Gasteiger partial charge in [0.25, 0.3) is 0 Å². The van der Waals surface area contributed by atoms with Gasteiger partial charge in [0.2, 0.25) is 0 Å². The molecule has 0 radical (unpaired) electrons. The predicted molar refractivity (Wildman–Crippen MR) is 72.4 cm³/mol. The Bertz CT molecular complexity index is 658. The number of imidazole rings is 1. The lowest BCUT2D eigenvalue weighted by Gasteiger charge is -2.05. The highest BCUT2D eigenvalue weighted by atomic mass is 14.9. The number of hydrogen-bond donors (Lipinski definition) is 2. The molecule has 4 nitrogen and oxygen atoms in total. The number of benzene rings is 1. The first-order valence-corrected chi connectivity index (χ1v) is 5.90. The molecule has 0 aliphatic rings. The van der Waals surface area contributed by atoms with Crippen LogP contribution in [0.4, 0.5) is 5.69 Å². The number of hydrogen-bond acceptors (Lipinski definition) is 3. The largest absolute Gasteiger partial charge is 0.381 e. The van der Waals surface area contributed by atoms with Gasteiger partial charge in [0.05, 0.1) is 11.0 Å². The molecule has 0 spiro atoms. The van der Waals surface area contributed by atoms with Crippen molar-refractivity contribution >= 4 is 16.7 Å². The summed E-state index contributed by atoms with van der Waals surface area (Å²) in [6.45, 7) is 2.73. The smallest absolute Gasteiger partial charge is 0.104 e. The second-order valence-electron chi connectivity index (χ2n) is 4.27. The van der Waals surface area contributed by atoms with Gasteiger partial charge in [-0.3, -0.25) is 4.98 Å². The van der Waals surface area contributed by atoms with E-state index in [1.54, 1.807) is 6.20 Å². The minimum Gasteiger partial charge on any atom is -0.381 e. The fraction of sp³-hybridized carbons (Fsp3) is 0.143. The van der Waals surface area contributed by atoms with E-state index < -0.39 is 0 Å². The average molecular weight is 238 g/mol. The minimum absolute atomic E-state index is 0.770. The SMILES string of the molecule is Cc1nc2ccc(NCc3cccnc3)cc2[nH]1. The third-order valence-corrected chi connectivity index (χ3v) is 2.82. The van der Waals surface area contributed by atoms with E-state index in [4.69, 9.17) is 0 Å². The number of nitrogens with one attached hydrogen (secondary N) is 2. The Labute approximate surface area is 105 Å². The first-order valence-electron chi connectivity index (χ1n) is 5.90. The van der Waals surface area contributed by atoms with Crippen LogP contribution in [0.3, 0.4) is 0 Å². The molecule has 0 fully saturated rings. The number of anilines is 1. The number of aromatic nitrogens is 3. The number of nitrogens with zero attached hydrogens (tertiary/aromatic N) is 2. The van der Waals surface area contributed by atoms with Crippen LogP contribution in [0.1, 0.15) is 11.4 Å². The highest BCUT2D eigenvalue weighted by molar-refractivity contribution is 5.79. The third-order valence-electron chi connectivity index (χ3n) is 2.82. The number of H-pyrrole nitrogens is 1. The van der Waals surface area contributed by atoms with Crippen molar-refractivity contribution in [1.29, 1.82) is 0 Å². The summed E-state index contributed by atoms with van der Waals surface area (Å²) in [6, 6.07) is 10.1. The molecule has 0 saturated heterocycles. The molecule has 18 heavy (non-hydrogen) atoms. The fourth-order valence-electron chi connectivity index (χ4n) is 1.95. The highest BCUT2D eigenvalue weighted by Crippen LogP contribution is 2.17. The molecule has 0 unspecified atom stereocenters. The monoisotopic (exact) mass is 238 g/mol. The summed E-state index contributed by atoms with van der Waals surface area (Å²) >= 11 is 0. The first-order chi connectivity index (χ1) is 8.81. The molecule has 3 rings (SSSR count). The van der Waals surface area contributed by atoms with E-state index >= 15 is 0 Å². The van der Waals surface area contributed by atoms with E-state index in [0.717, 1.165) is 29.1 Å². The predicted octanol–water partition coefficient (Wildman–Crippen LogP) is 2.88. The Hall–Kier alpha value is -2.36. The third kappa shape index (κ3) is 2.18. The molecular formula is C14H14N4. The van der Waals surface area contributed by atoms with Crippen molar-refractivity contribution < 1.29 is 0 Å². The van der Waals surface area contributed by atoms with Crippen LogP contribution >= 0.6 is 0 Å². The van der Waals surface area contributed by atoms with Gasteiger partial charge in [0.1, 0.15) is 5.82 Å². The minimum atomic E-state index is 0.770. The van der Waals surface area contributed by atoms with E-state index in [2.05, 4.69) is 32.4 Å². The second-order valence-corrected chi connectivity index (χ2v) is 4.27. The maximum absolute atomic E-state index is 4.38. The van der Waals surface area contributed by atoms with E-state index in [9.17, 15) is 0 Å². The molecule has 2 aromatic heterocycles. The van der Waals surface area contributed by atoms with E-state index in [0.29, 0.717) is 0 Å². The Morgan fingerprint density at radius 3 is 3.06 bits per heavy atom. The number of aromatic amines is 1. The van der Waals surface area contributed by atoms with Crippen LogP contribution < -0.4 is 5.32 Å². The van der Waals surface area contributed by atoms with Crippen molar-refractivity contribution in [3.63, 3.8) is 0 Å². The topological polar surface area (TPSA) is 53.6 Å². The van der Waals surface area contributed by atoms with Gasteiger partial charge in [-0.1, -0.05) is 6.07 Å². The zero-order chi connectivity index (χ0) is 12.4. The van der Waals surface area contributed by atoms with Crippen molar-refractivity contribution in [3.8, 4) is 0 Å². The molecule has 2 N–H and O–H groups in total. The molecule has 0 aliphatic carbocycles. The molecular weight excluding hydrogens is 224 g/mol. The molecule has 0 aliphatic heterocycles. The summed E-state index contributed by atoms with van der Waals surface area (Å²) in [7, 11) is 0. The van der Waals surface area contributed by atoms with Gasteiger partial charge in [-0.2, -0.15) is 0 Å². The van der Waals surface area contributed by atoms with Gasteiger partial charge in [-0.25, -0.2) is 4.98 Å². The zero-order valence-electron chi connectivity index (χ0n) is 10.1. The van der Waals surface area contributed by atoms with Crippen LogP contribution in [0, 0.1) is 6.92 Å². The number of pyridine rings is 1. The van der Waals surface area contributed by atoms with Gasteiger partial charge in [0, 0.05) is 24.6 Å². The van der Waals surface area contributed by atoms with E-state index in [1.807, 2.05) is 31.3 Å². The Balaban J connectivity index is 1.78. The molecule has 3 aromatic rings. The summed E-state index contributed by atoms with van der Waals surface area (Å²) in [5.41, 5.74) is 4.30. The molecule has 0 atom stereocenters. The molecule has 90 valence electrons. The Morgan fingerprint density at radius 1 is 1.28 bits per heavy atom. The van der Waals surface area contributed by atoms with Gasteiger partial charge in [-0.15, -0.1) is 0 Å². The van der Waals surface area contributed by atoms with Gasteiger partial charge < -0.3 is 10.3 Å². The highest BCUT2D eigenvalue weighted by Gasteiger charge is 2.00. The molecule has 0 amide bonds.